The molecule has 1 amide bonds. The first-order valence-corrected chi connectivity index (χ1v) is 10.7. The molecule has 30 heavy (non-hydrogen) atoms. The molecule has 0 heterocycles. The van der Waals surface area contributed by atoms with E-state index in [0.717, 1.165) is 10.4 Å². The van der Waals surface area contributed by atoms with Gasteiger partial charge in [0, 0.05) is 5.69 Å². The SMILES string of the molecule is CCOc1ccccc1N(CC(=O)Nc1cccc(F)c1)S(=O)(=O)c1ccccc1. The predicted octanol–water partition coefficient (Wildman–Crippen LogP) is 4.06. The first-order valence-electron chi connectivity index (χ1n) is 9.27. The van der Waals surface area contributed by atoms with E-state index in [1.165, 1.54) is 30.3 Å². The summed E-state index contributed by atoms with van der Waals surface area (Å²) in [5.74, 6) is -0.798. The van der Waals surface area contributed by atoms with Crippen LogP contribution in [0.2, 0.25) is 0 Å². The molecular formula is C22H21FN2O4S. The maximum Gasteiger partial charge on any atom is 0.264 e. The molecule has 1 N–H and O–H groups in total. The number of hydrogen-bond acceptors (Lipinski definition) is 4. The van der Waals surface area contributed by atoms with Crippen LogP contribution in [-0.4, -0.2) is 27.5 Å². The van der Waals surface area contributed by atoms with Gasteiger partial charge in [-0.15, -0.1) is 0 Å². The Bertz CT molecular complexity index is 1120. The van der Waals surface area contributed by atoms with Gasteiger partial charge in [0.05, 0.1) is 17.2 Å². The molecule has 0 unspecified atom stereocenters. The fourth-order valence-electron chi connectivity index (χ4n) is 2.86. The highest BCUT2D eigenvalue weighted by Gasteiger charge is 2.29. The van der Waals surface area contributed by atoms with Crippen molar-refractivity contribution in [1.82, 2.24) is 0 Å². The summed E-state index contributed by atoms with van der Waals surface area (Å²) in [6, 6.07) is 19.8. The van der Waals surface area contributed by atoms with Crippen molar-refractivity contribution < 1.29 is 22.3 Å². The van der Waals surface area contributed by atoms with Gasteiger partial charge in [0.15, 0.2) is 0 Å². The smallest absolute Gasteiger partial charge is 0.264 e. The fourth-order valence-corrected chi connectivity index (χ4v) is 4.31. The summed E-state index contributed by atoms with van der Waals surface area (Å²) in [7, 11) is -4.07. The van der Waals surface area contributed by atoms with Crippen LogP contribution in [0, 0.1) is 5.82 Å². The minimum absolute atomic E-state index is 0.0369. The minimum Gasteiger partial charge on any atom is -0.492 e. The van der Waals surface area contributed by atoms with E-state index in [9.17, 15) is 17.6 Å². The normalized spacial score (nSPS) is 11.0. The molecule has 0 aliphatic rings. The lowest BCUT2D eigenvalue weighted by atomic mass is 10.3. The van der Waals surface area contributed by atoms with Crippen LogP contribution in [0.5, 0.6) is 5.75 Å². The highest BCUT2D eigenvalue weighted by atomic mass is 32.2. The number of carbonyl (C=O) groups excluding carboxylic acids is 1. The number of nitrogens with one attached hydrogen (secondary N) is 1. The van der Waals surface area contributed by atoms with Crippen molar-refractivity contribution in [3.05, 3.63) is 84.7 Å². The van der Waals surface area contributed by atoms with Crippen LogP contribution in [0.3, 0.4) is 0 Å². The van der Waals surface area contributed by atoms with Crippen molar-refractivity contribution in [2.45, 2.75) is 11.8 Å². The van der Waals surface area contributed by atoms with Crippen LogP contribution in [0.25, 0.3) is 0 Å². The summed E-state index contributed by atoms with van der Waals surface area (Å²) in [6.45, 7) is 1.59. The number of sulfonamides is 1. The van der Waals surface area contributed by atoms with E-state index in [1.807, 2.05) is 0 Å². The Morgan fingerprint density at radius 1 is 1.00 bits per heavy atom. The molecule has 0 fully saturated rings. The molecule has 0 aliphatic carbocycles. The summed E-state index contributed by atoms with van der Waals surface area (Å²) in [4.78, 5) is 12.7. The Morgan fingerprint density at radius 3 is 2.40 bits per heavy atom. The molecule has 0 radical (unpaired) electrons. The Hall–Kier alpha value is -3.39. The molecule has 6 nitrogen and oxygen atoms in total. The van der Waals surface area contributed by atoms with Crippen molar-refractivity contribution in [3.8, 4) is 5.75 Å². The monoisotopic (exact) mass is 428 g/mol. The van der Waals surface area contributed by atoms with Gasteiger partial charge in [-0.1, -0.05) is 36.4 Å². The Labute approximate surface area is 175 Å². The lowest BCUT2D eigenvalue weighted by molar-refractivity contribution is -0.114. The van der Waals surface area contributed by atoms with E-state index >= 15 is 0 Å². The number of benzene rings is 3. The molecule has 3 aromatic rings. The summed E-state index contributed by atoms with van der Waals surface area (Å²) < 4.78 is 46.7. The van der Waals surface area contributed by atoms with Crippen LogP contribution in [-0.2, 0) is 14.8 Å². The third-order valence-corrected chi connectivity index (χ3v) is 5.93. The maximum absolute atomic E-state index is 13.4. The molecule has 0 saturated heterocycles. The molecular weight excluding hydrogens is 407 g/mol. The zero-order valence-corrected chi connectivity index (χ0v) is 17.1. The third-order valence-electron chi connectivity index (χ3n) is 4.16. The number of para-hydroxylation sites is 2. The van der Waals surface area contributed by atoms with Crippen LogP contribution in [0.15, 0.2) is 83.8 Å². The van der Waals surface area contributed by atoms with E-state index in [-0.39, 0.29) is 16.3 Å². The first-order chi connectivity index (χ1) is 14.4. The Morgan fingerprint density at radius 2 is 1.70 bits per heavy atom. The van der Waals surface area contributed by atoms with Crippen LogP contribution in [0.1, 0.15) is 6.92 Å². The molecule has 8 heteroatoms. The molecule has 0 spiro atoms. The average Bonchev–Trinajstić information content (AvgIpc) is 2.73. The number of hydrogen-bond donors (Lipinski definition) is 1. The van der Waals surface area contributed by atoms with Crippen molar-refractivity contribution >= 4 is 27.3 Å². The second-order valence-electron chi connectivity index (χ2n) is 6.28. The topological polar surface area (TPSA) is 75.7 Å². The van der Waals surface area contributed by atoms with Gasteiger partial charge in [0.2, 0.25) is 5.91 Å². The summed E-state index contributed by atoms with van der Waals surface area (Å²) >= 11 is 0. The molecule has 0 aliphatic heterocycles. The zero-order chi connectivity index (χ0) is 21.6. The highest BCUT2D eigenvalue weighted by molar-refractivity contribution is 7.92. The molecule has 0 aromatic heterocycles. The third kappa shape index (κ3) is 4.96. The van der Waals surface area contributed by atoms with Crippen LogP contribution < -0.4 is 14.4 Å². The lowest BCUT2D eigenvalue weighted by Crippen LogP contribution is -2.38. The van der Waals surface area contributed by atoms with Gasteiger partial charge in [-0.05, 0) is 49.4 Å². The van der Waals surface area contributed by atoms with E-state index in [4.69, 9.17) is 4.74 Å². The van der Waals surface area contributed by atoms with E-state index in [1.54, 1.807) is 49.4 Å². The molecule has 0 atom stereocenters. The van der Waals surface area contributed by atoms with Crippen molar-refractivity contribution in [3.63, 3.8) is 0 Å². The lowest BCUT2D eigenvalue weighted by Gasteiger charge is -2.26. The number of anilines is 2. The second-order valence-corrected chi connectivity index (χ2v) is 8.15. The van der Waals surface area contributed by atoms with Crippen LogP contribution in [0.4, 0.5) is 15.8 Å². The Balaban J connectivity index is 1.99. The quantitative estimate of drug-likeness (QED) is 0.587. The number of nitrogens with zero attached hydrogens (tertiary/aromatic N) is 1. The maximum atomic E-state index is 13.4. The molecule has 156 valence electrons. The molecule has 0 bridgehead atoms. The van der Waals surface area contributed by atoms with Gasteiger partial charge in [-0.2, -0.15) is 0 Å². The number of carbonyl (C=O) groups is 1. The number of amides is 1. The van der Waals surface area contributed by atoms with Gasteiger partial charge in [0.1, 0.15) is 18.1 Å². The first kappa shape index (κ1) is 21.3. The van der Waals surface area contributed by atoms with Crippen LogP contribution >= 0.6 is 0 Å². The van der Waals surface area contributed by atoms with Crippen molar-refractivity contribution in [2.75, 3.05) is 22.8 Å². The number of ether oxygens (including phenoxy) is 1. The van der Waals surface area contributed by atoms with E-state index in [0.29, 0.717) is 12.4 Å². The van der Waals surface area contributed by atoms with Crippen molar-refractivity contribution in [2.24, 2.45) is 0 Å². The van der Waals surface area contributed by atoms with E-state index < -0.39 is 28.3 Å². The fraction of sp³-hybridized carbons (Fsp3) is 0.136. The molecule has 0 saturated carbocycles. The summed E-state index contributed by atoms with van der Waals surface area (Å²) in [6.07, 6.45) is 0. The number of halogens is 1. The largest absolute Gasteiger partial charge is 0.492 e. The minimum atomic E-state index is -4.07. The molecule has 3 rings (SSSR count). The average molecular weight is 428 g/mol. The standard InChI is InChI=1S/C22H21FN2O4S/c1-2-29-21-14-7-6-13-20(21)25(30(27,28)19-11-4-3-5-12-19)16-22(26)24-18-10-8-9-17(23)15-18/h3-15H,2,16H2,1H3,(H,24,26). The van der Waals surface area contributed by atoms with E-state index in [2.05, 4.69) is 5.32 Å². The Kier molecular flexibility index (Phi) is 6.68. The number of rotatable bonds is 8. The van der Waals surface area contributed by atoms with Crippen molar-refractivity contribution in [1.29, 1.82) is 0 Å². The molecule has 3 aromatic carbocycles. The predicted molar refractivity (Wildman–Crippen MR) is 114 cm³/mol. The van der Waals surface area contributed by atoms with Gasteiger partial charge >= 0.3 is 0 Å². The zero-order valence-electron chi connectivity index (χ0n) is 16.3. The van der Waals surface area contributed by atoms with Gasteiger partial charge in [-0.3, -0.25) is 9.10 Å². The highest BCUT2D eigenvalue weighted by Crippen LogP contribution is 2.32. The van der Waals surface area contributed by atoms with Gasteiger partial charge in [0.25, 0.3) is 10.0 Å². The van der Waals surface area contributed by atoms with Gasteiger partial charge < -0.3 is 10.1 Å². The summed E-state index contributed by atoms with van der Waals surface area (Å²) in [5, 5.41) is 2.53. The van der Waals surface area contributed by atoms with Gasteiger partial charge in [-0.25, -0.2) is 12.8 Å². The summed E-state index contributed by atoms with van der Waals surface area (Å²) in [5.41, 5.74) is 0.466. The second kappa shape index (κ2) is 9.41.